The number of amides is 1. The Morgan fingerprint density at radius 3 is 2.61 bits per heavy atom. The van der Waals surface area contributed by atoms with Gasteiger partial charge in [0, 0.05) is 13.2 Å². The van der Waals surface area contributed by atoms with Crippen LogP contribution >= 0.6 is 0 Å². The summed E-state index contributed by atoms with van der Waals surface area (Å²) in [6.07, 6.45) is 1.63. The highest BCUT2D eigenvalue weighted by Gasteiger charge is 2.18. The lowest BCUT2D eigenvalue weighted by atomic mass is 10.3. The number of aryl methyl sites for hydroxylation is 1. The molecule has 0 saturated carbocycles. The molecule has 1 rings (SSSR count). The Balaban J connectivity index is 2.60. The molecule has 0 aliphatic carbocycles. The van der Waals surface area contributed by atoms with Crippen molar-refractivity contribution in [2.45, 2.75) is 13.8 Å². The molecule has 0 bridgehead atoms. The van der Waals surface area contributed by atoms with Crippen LogP contribution in [0, 0.1) is 6.92 Å². The van der Waals surface area contributed by atoms with Gasteiger partial charge in [-0.3, -0.25) is 4.79 Å². The number of likely N-dealkylation sites (N-methyl/N-ethyl adjacent to an activating group) is 1. The third-order valence-corrected chi connectivity index (χ3v) is 4.19. The largest absolute Gasteiger partial charge is 0.310 e. The van der Waals surface area contributed by atoms with E-state index in [0.29, 0.717) is 5.82 Å². The smallest absolute Gasteiger partial charge is 0.240 e. The molecular weight excluding hydrogens is 254 g/mol. The standard InChI is InChI=1S/C11H17N3O3S/c1-4-18(16,17)14(3)8-11(15)13-10-6-5-9(2)7-12-10/h5-7H,4,8H2,1-3H3,(H,12,13,15). The number of nitrogens with one attached hydrogen (secondary N) is 1. The second kappa shape index (κ2) is 5.92. The lowest BCUT2D eigenvalue weighted by molar-refractivity contribution is -0.116. The van der Waals surface area contributed by atoms with Gasteiger partial charge in [-0.15, -0.1) is 0 Å². The van der Waals surface area contributed by atoms with Crippen LogP contribution in [-0.2, 0) is 14.8 Å². The first kappa shape index (κ1) is 14.6. The summed E-state index contributed by atoms with van der Waals surface area (Å²) >= 11 is 0. The number of pyridine rings is 1. The molecule has 6 nitrogen and oxygen atoms in total. The first-order valence-corrected chi connectivity index (χ1v) is 7.12. The first-order chi connectivity index (χ1) is 8.35. The molecule has 1 heterocycles. The lowest BCUT2D eigenvalue weighted by Gasteiger charge is -2.15. The molecule has 1 N–H and O–H groups in total. The van der Waals surface area contributed by atoms with Crippen molar-refractivity contribution in [3.8, 4) is 0 Å². The Labute approximate surface area is 107 Å². The highest BCUT2D eigenvalue weighted by atomic mass is 32.2. The van der Waals surface area contributed by atoms with Gasteiger partial charge in [0.25, 0.3) is 0 Å². The number of carbonyl (C=O) groups excluding carboxylic acids is 1. The molecule has 0 radical (unpaired) electrons. The molecule has 1 aromatic rings. The molecule has 100 valence electrons. The van der Waals surface area contributed by atoms with Crippen molar-refractivity contribution in [2.24, 2.45) is 0 Å². The quantitative estimate of drug-likeness (QED) is 0.851. The third-order valence-electron chi connectivity index (χ3n) is 2.38. The van der Waals surface area contributed by atoms with E-state index in [1.165, 1.54) is 14.0 Å². The SMILES string of the molecule is CCS(=O)(=O)N(C)CC(=O)Nc1ccc(C)cn1. The van der Waals surface area contributed by atoms with Gasteiger partial charge < -0.3 is 5.32 Å². The van der Waals surface area contributed by atoms with Crippen molar-refractivity contribution >= 4 is 21.7 Å². The molecule has 1 amide bonds. The maximum atomic E-state index is 11.6. The molecule has 7 heteroatoms. The van der Waals surface area contributed by atoms with Crippen LogP contribution in [0.3, 0.4) is 0 Å². The molecule has 0 fully saturated rings. The molecule has 0 atom stereocenters. The minimum absolute atomic E-state index is 0.0282. The zero-order valence-electron chi connectivity index (χ0n) is 10.7. The zero-order valence-corrected chi connectivity index (χ0v) is 11.5. The number of nitrogens with zero attached hydrogens (tertiary/aromatic N) is 2. The fourth-order valence-electron chi connectivity index (χ4n) is 1.25. The highest BCUT2D eigenvalue weighted by Crippen LogP contribution is 2.04. The van der Waals surface area contributed by atoms with Gasteiger partial charge in [-0.05, 0) is 25.5 Å². The van der Waals surface area contributed by atoms with Crippen molar-refractivity contribution in [2.75, 3.05) is 24.7 Å². The number of hydrogen-bond donors (Lipinski definition) is 1. The average molecular weight is 271 g/mol. The van der Waals surface area contributed by atoms with Crippen LogP contribution in [0.5, 0.6) is 0 Å². The predicted octanol–water partition coefficient (Wildman–Crippen LogP) is 0.610. The van der Waals surface area contributed by atoms with Crippen LogP contribution < -0.4 is 5.32 Å². The van der Waals surface area contributed by atoms with Crippen LogP contribution in [0.4, 0.5) is 5.82 Å². The van der Waals surface area contributed by atoms with Gasteiger partial charge in [-0.1, -0.05) is 6.07 Å². The Morgan fingerprint density at radius 1 is 1.44 bits per heavy atom. The average Bonchev–Trinajstić information content (AvgIpc) is 2.32. The molecular formula is C11H17N3O3S. The Hall–Kier alpha value is -1.47. The fraction of sp³-hybridized carbons (Fsp3) is 0.455. The van der Waals surface area contributed by atoms with Gasteiger partial charge in [0.05, 0.1) is 12.3 Å². The second-order valence-electron chi connectivity index (χ2n) is 3.93. The van der Waals surface area contributed by atoms with E-state index in [0.717, 1.165) is 9.87 Å². The number of sulfonamides is 1. The van der Waals surface area contributed by atoms with Crippen LogP contribution in [0.15, 0.2) is 18.3 Å². The van der Waals surface area contributed by atoms with E-state index in [1.54, 1.807) is 12.3 Å². The summed E-state index contributed by atoms with van der Waals surface area (Å²) in [5.74, 6) is -0.0293. The van der Waals surface area contributed by atoms with Crippen molar-refractivity contribution in [3.05, 3.63) is 23.9 Å². The number of hydrogen-bond acceptors (Lipinski definition) is 4. The maximum absolute atomic E-state index is 11.6. The minimum Gasteiger partial charge on any atom is -0.310 e. The molecule has 1 aromatic heterocycles. The summed E-state index contributed by atoms with van der Waals surface area (Å²) in [6, 6.07) is 3.48. The number of aromatic nitrogens is 1. The Morgan fingerprint density at radius 2 is 2.11 bits per heavy atom. The number of rotatable bonds is 5. The van der Waals surface area contributed by atoms with Gasteiger partial charge in [-0.2, -0.15) is 4.31 Å². The summed E-state index contributed by atoms with van der Waals surface area (Å²) in [4.78, 5) is 15.6. The molecule has 0 saturated heterocycles. The molecule has 0 spiro atoms. The minimum atomic E-state index is -3.34. The van der Waals surface area contributed by atoms with E-state index in [9.17, 15) is 13.2 Å². The van der Waals surface area contributed by atoms with E-state index < -0.39 is 15.9 Å². The monoisotopic (exact) mass is 271 g/mol. The van der Waals surface area contributed by atoms with Gasteiger partial charge in [-0.25, -0.2) is 13.4 Å². The summed E-state index contributed by atoms with van der Waals surface area (Å²) in [5, 5.41) is 2.54. The lowest BCUT2D eigenvalue weighted by Crippen LogP contribution is -2.35. The number of carbonyl (C=O) groups is 1. The first-order valence-electron chi connectivity index (χ1n) is 5.51. The summed E-state index contributed by atoms with van der Waals surface area (Å²) in [7, 11) is -1.96. The molecule has 0 aliphatic rings. The van der Waals surface area contributed by atoms with Gasteiger partial charge in [0.2, 0.25) is 15.9 Å². The second-order valence-corrected chi connectivity index (χ2v) is 6.29. The van der Waals surface area contributed by atoms with E-state index >= 15 is 0 Å². The normalized spacial score (nSPS) is 11.6. The number of anilines is 1. The highest BCUT2D eigenvalue weighted by molar-refractivity contribution is 7.89. The maximum Gasteiger partial charge on any atom is 0.240 e. The van der Waals surface area contributed by atoms with Crippen LogP contribution in [-0.4, -0.2) is 43.0 Å². The molecule has 0 aliphatic heterocycles. The predicted molar refractivity (Wildman–Crippen MR) is 69.7 cm³/mol. The van der Waals surface area contributed by atoms with Crippen LogP contribution in [0.1, 0.15) is 12.5 Å². The topological polar surface area (TPSA) is 79.4 Å². The van der Waals surface area contributed by atoms with Crippen molar-refractivity contribution in [3.63, 3.8) is 0 Å². The summed E-state index contributed by atoms with van der Waals surface area (Å²) in [6.45, 7) is 3.21. The van der Waals surface area contributed by atoms with Gasteiger partial charge in [0.15, 0.2) is 0 Å². The fourth-order valence-corrected chi connectivity index (χ4v) is 2.00. The molecule has 0 unspecified atom stereocenters. The molecule has 18 heavy (non-hydrogen) atoms. The third kappa shape index (κ3) is 4.08. The van der Waals surface area contributed by atoms with E-state index in [1.807, 2.05) is 13.0 Å². The summed E-state index contributed by atoms with van der Waals surface area (Å²) in [5.41, 5.74) is 0.985. The van der Waals surface area contributed by atoms with E-state index in [4.69, 9.17) is 0 Å². The van der Waals surface area contributed by atoms with Crippen LogP contribution in [0.2, 0.25) is 0 Å². The van der Waals surface area contributed by atoms with Crippen molar-refractivity contribution in [1.29, 1.82) is 0 Å². The zero-order chi connectivity index (χ0) is 13.8. The van der Waals surface area contributed by atoms with Crippen molar-refractivity contribution in [1.82, 2.24) is 9.29 Å². The van der Waals surface area contributed by atoms with Gasteiger partial charge in [0.1, 0.15) is 5.82 Å². The molecule has 0 aromatic carbocycles. The van der Waals surface area contributed by atoms with Gasteiger partial charge >= 0.3 is 0 Å². The Bertz CT molecular complexity index is 511. The van der Waals surface area contributed by atoms with E-state index in [-0.39, 0.29) is 12.3 Å². The summed E-state index contributed by atoms with van der Waals surface area (Å²) < 4.78 is 23.9. The van der Waals surface area contributed by atoms with Crippen molar-refractivity contribution < 1.29 is 13.2 Å². The van der Waals surface area contributed by atoms with Crippen LogP contribution in [0.25, 0.3) is 0 Å². The Kier molecular flexibility index (Phi) is 4.80. The van der Waals surface area contributed by atoms with E-state index in [2.05, 4.69) is 10.3 Å².